The minimum Gasteiger partial charge on any atom is -0.361 e. The Balaban J connectivity index is 0.000000159. The van der Waals surface area contributed by atoms with E-state index in [2.05, 4.69) is 9.97 Å². The summed E-state index contributed by atoms with van der Waals surface area (Å²) in [6.07, 6.45) is -2.08. The van der Waals surface area contributed by atoms with Crippen LogP contribution in [-0.2, 0) is 0 Å². The molecule has 0 fully saturated rings. The molecule has 27 heavy (non-hydrogen) atoms. The van der Waals surface area contributed by atoms with Crippen molar-refractivity contribution in [2.45, 2.75) is 12.9 Å². The van der Waals surface area contributed by atoms with Crippen molar-refractivity contribution in [3.63, 3.8) is 0 Å². The molecule has 4 rings (SSSR count). The second-order valence-electron chi connectivity index (χ2n) is 5.66. The summed E-state index contributed by atoms with van der Waals surface area (Å²) in [6.45, 7) is 0. The van der Waals surface area contributed by atoms with Crippen molar-refractivity contribution in [1.29, 1.82) is 0 Å². The number of aromatic amines is 2. The maximum absolute atomic E-state index is 12.4. The molecular weight excluding hydrogens is 366 g/mol. The molecule has 2 N–H and O–H groups in total. The summed E-state index contributed by atoms with van der Waals surface area (Å²) in [5.74, 6) is 0. The SMILES string of the molecule is FC(F)c1ccc2[nH]ccc2c1.O=[N+]([O-])c1c[nH]c2ccc(C(F)F)cc12. The van der Waals surface area contributed by atoms with Crippen LogP contribution in [0.25, 0.3) is 21.8 Å². The molecule has 0 spiro atoms. The van der Waals surface area contributed by atoms with Gasteiger partial charge in [0.15, 0.2) is 0 Å². The lowest BCUT2D eigenvalue weighted by Gasteiger charge is -1.98. The fourth-order valence-corrected chi connectivity index (χ4v) is 2.62. The molecule has 0 aliphatic rings. The first-order valence-electron chi connectivity index (χ1n) is 7.75. The van der Waals surface area contributed by atoms with Crippen LogP contribution in [0.2, 0.25) is 0 Å². The Morgan fingerprint density at radius 3 is 2.11 bits per heavy atom. The van der Waals surface area contributed by atoms with Gasteiger partial charge in [-0.25, -0.2) is 17.6 Å². The Hall–Kier alpha value is -3.36. The highest BCUT2D eigenvalue weighted by atomic mass is 19.3. The van der Waals surface area contributed by atoms with E-state index in [-0.39, 0.29) is 22.2 Å². The maximum Gasteiger partial charge on any atom is 0.294 e. The molecule has 5 nitrogen and oxygen atoms in total. The zero-order chi connectivity index (χ0) is 19.6. The van der Waals surface area contributed by atoms with Crippen molar-refractivity contribution in [3.05, 3.63) is 76.1 Å². The van der Waals surface area contributed by atoms with E-state index in [4.69, 9.17) is 0 Å². The number of hydrogen-bond donors (Lipinski definition) is 2. The predicted octanol–water partition coefficient (Wildman–Crippen LogP) is 6.12. The summed E-state index contributed by atoms with van der Waals surface area (Å²) in [7, 11) is 0. The molecule has 0 radical (unpaired) electrons. The molecule has 140 valence electrons. The molecule has 0 amide bonds. The molecule has 2 heterocycles. The summed E-state index contributed by atoms with van der Waals surface area (Å²) in [4.78, 5) is 15.5. The van der Waals surface area contributed by atoms with Gasteiger partial charge >= 0.3 is 0 Å². The van der Waals surface area contributed by atoms with Gasteiger partial charge in [-0.1, -0.05) is 12.1 Å². The molecule has 0 saturated heterocycles. The molecule has 4 aromatic rings. The summed E-state index contributed by atoms with van der Waals surface area (Å²) < 4.78 is 49.1. The molecular formula is C18H13F4N3O2. The van der Waals surface area contributed by atoms with Crippen LogP contribution in [0.1, 0.15) is 24.0 Å². The fourth-order valence-electron chi connectivity index (χ4n) is 2.62. The Morgan fingerprint density at radius 1 is 0.852 bits per heavy atom. The first-order chi connectivity index (χ1) is 12.9. The Labute approximate surface area is 149 Å². The van der Waals surface area contributed by atoms with Gasteiger partial charge in [-0.2, -0.15) is 0 Å². The molecule has 0 bridgehead atoms. The van der Waals surface area contributed by atoms with Crippen LogP contribution in [-0.4, -0.2) is 14.9 Å². The minimum atomic E-state index is -2.62. The zero-order valence-corrected chi connectivity index (χ0v) is 13.6. The van der Waals surface area contributed by atoms with Gasteiger partial charge in [0.2, 0.25) is 0 Å². The van der Waals surface area contributed by atoms with Crippen LogP contribution < -0.4 is 0 Å². The van der Waals surface area contributed by atoms with Crippen LogP contribution in [0.4, 0.5) is 23.2 Å². The third-order valence-corrected chi connectivity index (χ3v) is 3.96. The molecule has 2 aromatic carbocycles. The number of H-pyrrole nitrogens is 2. The van der Waals surface area contributed by atoms with Crippen molar-refractivity contribution in [1.82, 2.24) is 9.97 Å². The van der Waals surface area contributed by atoms with E-state index in [1.807, 2.05) is 0 Å². The average molecular weight is 379 g/mol. The van der Waals surface area contributed by atoms with E-state index in [0.717, 1.165) is 17.0 Å². The van der Waals surface area contributed by atoms with E-state index >= 15 is 0 Å². The highest BCUT2D eigenvalue weighted by molar-refractivity contribution is 5.89. The van der Waals surface area contributed by atoms with Gasteiger partial charge in [-0.15, -0.1) is 0 Å². The number of alkyl halides is 4. The lowest BCUT2D eigenvalue weighted by atomic mass is 10.1. The van der Waals surface area contributed by atoms with Crippen LogP contribution in [0.3, 0.4) is 0 Å². The van der Waals surface area contributed by atoms with Crippen LogP contribution in [0.5, 0.6) is 0 Å². The Kier molecular flexibility index (Phi) is 5.11. The van der Waals surface area contributed by atoms with E-state index in [1.54, 1.807) is 18.3 Å². The molecule has 9 heteroatoms. The van der Waals surface area contributed by atoms with Gasteiger partial charge in [-0.05, 0) is 35.7 Å². The van der Waals surface area contributed by atoms with Crippen molar-refractivity contribution < 1.29 is 22.5 Å². The van der Waals surface area contributed by atoms with Gasteiger partial charge in [0.1, 0.15) is 0 Å². The van der Waals surface area contributed by atoms with Crippen LogP contribution in [0.15, 0.2) is 54.9 Å². The van der Waals surface area contributed by atoms with Crippen molar-refractivity contribution in [3.8, 4) is 0 Å². The van der Waals surface area contributed by atoms with E-state index in [0.29, 0.717) is 5.52 Å². The van der Waals surface area contributed by atoms with E-state index in [1.165, 1.54) is 30.5 Å². The summed E-state index contributed by atoms with van der Waals surface area (Å²) in [5.41, 5.74) is 1.03. The highest BCUT2D eigenvalue weighted by Crippen LogP contribution is 2.29. The molecule has 0 unspecified atom stereocenters. The second kappa shape index (κ2) is 7.48. The van der Waals surface area contributed by atoms with Crippen molar-refractivity contribution in [2.24, 2.45) is 0 Å². The van der Waals surface area contributed by atoms with Crippen LogP contribution in [0, 0.1) is 10.1 Å². The van der Waals surface area contributed by atoms with E-state index < -0.39 is 17.8 Å². The largest absolute Gasteiger partial charge is 0.361 e. The lowest BCUT2D eigenvalue weighted by Crippen LogP contribution is -1.87. The molecule has 0 aliphatic heterocycles. The van der Waals surface area contributed by atoms with Gasteiger partial charge in [0.25, 0.3) is 18.5 Å². The topological polar surface area (TPSA) is 74.7 Å². The maximum atomic E-state index is 12.4. The predicted molar refractivity (Wildman–Crippen MR) is 93.2 cm³/mol. The summed E-state index contributed by atoms with van der Waals surface area (Å²) >= 11 is 0. The standard InChI is InChI=1S/C9H6F2N2O2.C9H7F2N/c10-9(11)5-1-2-7-6(3-5)8(4-12-7)13(14)15;10-9(11)7-1-2-8-6(5-7)3-4-12-8/h1-4,9,12H;1-5,9,12H. The average Bonchev–Trinajstić information content (AvgIpc) is 3.27. The fraction of sp³-hybridized carbons (Fsp3) is 0.111. The number of benzene rings is 2. The molecule has 2 aromatic heterocycles. The van der Waals surface area contributed by atoms with Crippen LogP contribution >= 0.6 is 0 Å². The van der Waals surface area contributed by atoms with Gasteiger partial charge in [0.05, 0.1) is 22.0 Å². The van der Waals surface area contributed by atoms with Crippen molar-refractivity contribution in [2.75, 3.05) is 0 Å². The number of nitro groups is 1. The van der Waals surface area contributed by atoms with E-state index in [9.17, 15) is 27.7 Å². The number of hydrogen-bond acceptors (Lipinski definition) is 2. The first-order valence-corrected chi connectivity index (χ1v) is 7.75. The van der Waals surface area contributed by atoms with Gasteiger partial charge in [-0.3, -0.25) is 10.1 Å². The number of aromatic nitrogens is 2. The third-order valence-electron chi connectivity index (χ3n) is 3.96. The Morgan fingerprint density at radius 2 is 1.48 bits per heavy atom. The van der Waals surface area contributed by atoms with Gasteiger partial charge in [0, 0.05) is 22.8 Å². The quantitative estimate of drug-likeness (QED) is 0.256. The van der Waals surface area contributed by atoms with Crippen molar-refractivity contribution >= 4 is 27.5 Å². The normalized spacial score (nSPS) is 11.2. The number of rotatable bonds is 3. The van der Waals surface area contributed by atoms with Gasteiger partial charge < -0.3 is 9.97 Å². The lowest BCUT2D eigenvalue weighted by molar-refractivity contribution is -0.383. The molecule has 0 atom stereocenters. The minimum absolute atomic E-state index is 0.0714. The number of nitrogens with one attached hydrogen (secondary N) is 2. The monoisotopic (exact) mass is 379 g/mol. The molecule has 0 saturated carbocycles. The third kappa shape index (κ3) is 3.91. The number of nitrogens with zero attached hydrogens (tertiary/aromatic N) is 1. The highest BCUT2D eigenvalue weighted by Gasteiger charge is 2.16. The smallest absolute Gasteiger partial charge is 0.294 e. The summed E-state index contributed by atoms with van der Waals surface area (Å²) in [6, 6.07) is 10.2. The number of halogens is 4. The Bertz CT molecular complexity index is 1090. The second-order valence-corrected chi connectivity index (χ2v) is 5.66. The molecule has 0 aliphatic carbocycles. The first kappa shape index (κ1) is 18.4. The summed E-state index contributed by atoms with van der Waals surface area (Å²) in [5, 5.41) is 11.6. The zero-order valence-electron chi connectivity index (χ0n) is 13.6. The number of fused-ring (bicyclic) bond motifs is 2.